The van der Waals surface area contributed by atoms with E-state index >= 15 is 0 Å². The molecule has 1 aromatic rings. The van der Waals surface area contributed by atoms with Crippen LogP contribution < -0.4 is 5.32 Å². The Morgan fingerprint density at radius 3 is 2.95 bits per heavy atom. The molecule has 1 amide bonds. The Labute approximate surface area is 117 Å². The van der Waals surface area contributed by atoms with Gasteiger partial charge in [-0.25, -0.2) is 0 Å². The molecule has 1 aromatic heterocycles. The molecule has 0 saturated heterocycles. The maximum Gasteiger partial charge on any atom is 0.221 e. The van der Waals surface area contributed by atoms with Crippen molar-refractivity contribution in [2.24, 2.45) is 13.0 Å². The Balaban J connectivity index is 2.00. The number of hydrogen-bond donors (Lipinski definition) is 2. The molecule has 1 unspecified atom stereocenters. The number of aryl methyl sites for hydroxylation is 1. The summed E-state index contributed by atoms with van der Waals surface area (Å²) in [5.74, 6) is 1.22. The van der Waals surface area contributed by atoms with Crippen LogP contribution in [0.4, 0.5) is 0 Å². The predicted octanol–water partition coefficient (Wildman–Crippen LogP) is 1.10. The second kappa shape index (κ2) is 6.43. The molecule has 1 aliphatic carbocycles. The molecule has 1 saturated carbocycles. The minimum Gasteiger partial charge on any atom is -0.393 e. The van der Waals surface area contributed by atoms with Crippen LogP contribution in [-0.2, 0) is 11.8 Å². The average Bonchev–Trinajstić information content (AvgIpc) is 2.76. The third-order valence-corrected chi connectivity index (χ3v) is 4.17. The van der Waals surface area contributed by atoms with Crippen molar-refractivity contribution >= 4 is 17.7 Å². The van der Waals surface area contributed by atoms with Crippen LogP contribution in [0.1, 0.15) is 30.9 Å². The maximum atomic E-state index is 11.9. The zero-order valence-electron chi connectivity index (χ0n) is 11.4. The maximum absolute atomic E-state index is 11.9. The van der Waals surface area contributed by atoms with Gasteiger partial charge in [0.05, 0.1) is 18.3 Å². The summed E-state index contributed by atoms with van der Waals surface area (Å²) in [6.07, 6.45) is 7.55. The Morgan fingerprint density at radius 2 is 2.42 bits per heavy atom. The van der Waals surface area contributed by atoms with Crippen molar-refractivity contribution in [2.75, 3.05) is 12.0 Å². The molecular formula is C13H21N3O2S. The summed E-state index contributed by atoms with van der Waals surface area (Å²) in [6, 6.07) is -0.0218. The van der Waals surface area contributed by atoms with E-state index in [0.717, 1.165) is 24.2 Å². The van der Waals surface area contributed by atoms with Gasteiger partial charge in [-0.15, -0.1) is 0 Å². The smallest absolute Gasteiger partial charge is 0.221 e. The first-order valence-corrected chi connectivity index (χ1v) is 7.94. The number of carbonyl (C=O) groups excluding carboxylic acids is 1. The van der Waals surface area contributed by atoms with Gasteiger partial charge in [-0.2, -0.15) is 16.9 Å². The van der Waals surface area contributed by atoms with Crippen molar-refractivity contribution in [1.82, 2.24) is 15.1 Å². The third kappa shape index (κ3) is 3.73. The average molecular weight is 283 g/mol. The predicted molar refractivity (Wildman–Crippen MR) is 75.8 cm³/mol. The Hall–Kier alpha value is -1.01. The lowest BCUT2D eigenvalue weighted by atomic mass is 9.75. The van der Waals surface area contributed by atoms with Crippen LogP contribution in [0.3, 0.4) is 0 Å². The summed E-state index contributed by atoms with van der Waals surface area (Å²) in [5, 5.41) is 16.7. The molecule has 1 aliphatic rings. The van der Waals surface area contributed by atoms with E-state index in [1.165, 1.54) is 0 Å². The normalized spacial score (nSPS) is 23.7. The molecule has 2 N–H and O–H groups in total. The van der Waals surface area contributed by atoms with Crippen molar-refractivity contribution in [3.05, 3.63) is 18.0 Å². The molecule has 0 radical (unpaired) electrons. The number of rotatable bonds is 6. The Morgan fingerprint density at radius 1 is 1.68 bits per heavy atom. The number of hydrogen-bond acceptors (Lipinski definition) is 4. The van der Waals surface area contributed by atoms with Crippen LogP contribution in [0.5, 0.6) is 0 Å². The van der Waals surface area contributed by atoms with Crippen molar-refractivity contribution in [2.45, 2.75) is 31.4 Å². The van der Waals surface area contributed by atoms with E-state index in [9.17, 15) is 9.90 Å². The summed E-state index contributed by atoms with van der Waals surface area (Å²) in [5.41, 5.74) is 1.02. The van der Waals surface area contributed by atoms with E-state index in [2.05, 4.69) is 10.4 Å². The van der Waals surface area contributed by atoms with Gasteiger partial charge in [-0.05, 0) is 25.0 Å². The molecule has 6 heteroatoms. The standard InChI is InChI=1S/C13H21N3O2S/c1-16-8-10(7-14-16)13(9-5-11(17)6-9)15-12(18)3-4-19-2/h7-9,11,13,17H,3-6H2,1-2H3,(H,15,18). The van der Waals surface area contributed by atoms with E-state index in [0.29, 0.717) is 12.3 Å². The largest absolute Gasteiger partial charge is 0.393 e. The molecule has 5 nitrogen and oxygen atoms in total. The highest BCUT2D eigenvalue weighted by Crippen LogP contribution is 2.37. The molecule has 19 heavy (non-hydrogen) atoms. The minimum absolute atomic E-state index is 0.0218. The van der Waals surface area contributed by atoms with Crippen molar-refractivity contribution in [3.63, 3.8) is 0 Å². The molecule has 0 aromatic carbocycles. The lowest BCUT2D eigenvalue weighted by molar-refractivity contribution is -0.122. The molecule has 0 aliphatic heterocycles. The molecule has 2 rings (SSSR count). The zero-order valence-corrected chi connectivity index (χ0v) is 12.2. The highest BCUT2D eigenvalue weighted by Gasteiger charge is 2.36. The number of nitrogens with one attached hydrogen (secondary N) is 1. The third-order valence-electron chi connectivity index (χ3n) is 3.55. The Bertz CT molecular complexity index is 429. The highest BCUT2D eigenvalue weighted by atomic mass is 32.2. The second-order valence-corrected chi connectivity index (χ2v) is 6.11. The van der Waals surface area contributed by atoms with Crippen LogP contribution in [0.2, 0.25) is 0 Å². The van der Waals surface area contributed by atoms with Crippen molar-refractivity contribution < 1.29 is 9.90 Å². The van der Waals surface area contributed by atoms with E-state index in [4.69, 9.17) is 0 Å². The lowest BCUT2D eigenvalue weighted by Crippen LogP contribution is -2.41. The van der Waals surface area contributed by atoms with Crippen molar-refractivity contribution in [3.8, 4) is 0 Å². The summed E-state index contributed by atoms with van der Waals surface area (Å²) in [6.45, 7) is 0. The van der Waals surface area contributed by atoms with E-state index < -0.39 is 0 Å². The van der Waals surface area contributed by atoms with Crippen LogP contribution >= 0.6 is 11.8 Å². The van der Waals surface area contributed by atoms with Gasteiger partial charge >= 0.3 is 0 Å². The fourth-order valence-electron chi connectivity index (χ4n) is 2.42. The van der Waals surface area contributed by atoms with Gasteiger partial charge in [0, 0.05) is 31.0 Å². The number of nitrogens with zero attached hydrogens (tertiary/aromatic N) is 2. The monoisotopic (exact) mass is 283 g/mol. The number of thioether (sulfide) groups is 1. The molecule has 106 valence electrons. The highest BCUT2D eigenvalue weighted by molar-refractivity contribution is 7.98. The number of aliphatic hydroxyl groups excluding tert-OH is 1. The Kier molecular flexibility index (Phi) is 4.87. The number of aliphatic hydroxyl groups is 1. The summed E-state index contributed by atoms with van der Waals surface area (Å²) in [4.78, 5) is 11.9. The molecular weight excluding hydrogens is 262 g/mol. The fraction of sp³-hybridized carbons (Fsp3) is 0.692. The number of carbonyl (C=O) groups is 1. The molecule has 1 heterocycles. The summed E-state index contributed by atoms with van der Waals surface area (Å²) < 4.78 is 1.74. The lowest BCUT2D eigenvalue weighted by Gasteiger charge is -2.37. The SMILES string of the molecule is CSCCC(=O)NC(c1cnn(C)c1)C1CC(O)C1. The molecule has 0 bridgehead atoms. The van der Waals surface area contributed by atoms with Gasteiger partial charge in [0.25, 0.3) is 0 Å². The van der Waals surface area contributed by atoms with Gasteiger partial charge in [-0.1, -0.05) is 0 Å². The topological polar surface area (TPSA) is 67.2 Å². The molecule has 1 fully saturated rings. The van der Waals surface area contributed by atoms with Gasteiger partial charge in [0.15, 0.2) is 0 Å². The number of amides is 1. The van der Waals surface area contributed by atoms with Gasteiger partial charge in [0.1, 0.15) is 0 Å². The first-order valence-electron chi connectivity index (χ1n) is 6.55. The van der Waals surface area contributed by atoms with Crippen LogP contribution in [0.15, 0.2) is 12.4 Å². The quantitative estimate of drug-likeness (QED) is 0.820. The van der Waals surface area contributed by atoms with Crippen molar-refractivity contribution in [1.29, 1.82) is 0 Å². The van der Waals surface area contributed by atoms with Crippen LogP contribution in [-0.4, -0.2) is 38.9 Å². The van der Waals surface area contributed by atoms with E-state index in [1.54, 1.807) is 22.6 Å². The van der Waals surface area contributed by atoms with Gasteiger partial charge < -0.3 is 10.4 Å². The minimum atomic E-state index is -0.215. The van der Waals surface area contributed by atoms with Gasteiger partial charge in [-0.3, -0.25) is 9.48 Å². The zero-order chi connectivity index (χ0) is 13.8. The van der Waals surface area contributed by atoms with E-state index in [-0.39, 0.29) is 18.1 Å². The van der Waals surface area contributed by atoms with Crippen LogP contribution in [0, 0.1) is 5.92 Å². The molecule has 1 atom stereocenters. The first kappa shape index (κ1) is 14.4. The second-order valence-electron chi connectivity index (χ2n) is 5.12. The summed E-state index contributed by atoms with van der Waals surface area (Å²) in [7, 11) is 1.87. The summed E-state index contributed by atoms with van der Waals surface area (Å²) >= 11 is 1.67. The fourth-order valence-corrected chi connectivity index (χ4v) is 2.81. The number of aromatic nitrogens is 2. The first-order chi connectivity index (χ1) is 9.10. The van der Waals surface area contributed by atoms with E-state index in [1.807, 2.05) is 19.5 Å². The van der Waals surface area contributed by atoms with Crippen LogP contribution in [0.25, 0.3) is 0 Å². The van der Waals surface area contributed by atoms with Gasteiger partial charge in [0.2, 0.25) is 5.91 Å². The molecule has 0 spiro atoms.